The summed E-state index contributed by atoms with van der Waals surface area (Å²) in [6, 6.07) is 10.0. The number of halogens is 1. The Morgan fingerprint density at radius 1 is 1.11 bits per heavy atom. The minimum atomic E-state index is 0.587. The summed E-state index contributed by atoms with van der Waals surface area (Å²) in [6.45, 7) is 4.02. The molecule has 0 saturated carbocycles. The van der Waals surface area contributed by atoms with Crippen molar-refractivity contribution in [2.75, 3.05) is 0 Å². The Bertz CT molecular complexity index is 731. The van der Waals surface area contributed by atoms with Crippen molar-refractivity contribution >= 4 is 22.6 Å². The molecule has 0 fully saturated rings. The third-order valence-electron chi connectivity index (χ3n) is 2.92. The molecular weight excluding hydrogens is 246 g/mol. The average Bonchev–Trinajstić information content (AvgIpc) is 2.70. The first kappa shape index (κ1) is 11.2. The number of rotatable bonds is 1. The number of aromatic amines is 1. The molecule has 0 spiro atoms. The van der Waals surface area contributed by atoms with Crippen LogP contribution in [0.25, 0.3) is 22.4 Å². The number of H-pyrrole nitrogens is 1. The molecule has 90 valence electrons. The standard InChI is InChI=1S/C14H12ClN3/c1-8-4-3-5-10(6-8)13-16-9(2)11-7-12(15)17-14(11)18-13/h3-7H,1-2H3,(H,16,17,18). The van der Waals surface area contributed by atoms with Crippen molar-refractivity contribution in [1.82, 2.24) is 15.0 Å². The van der Waals surface area contributed by atoms with Crippen molar-refractivity contribution in [3.8, 4) is 11.4 Å². The number of hydrogen-bond acceptors (Lipinski definition) is 2. The van der Waals surface area contributed by atoms with Crippen molar-refractivity contribution in [3.05, 3.63) is 46.7 Å². The van der Waals surface area contributed by atoms with Crippen LogP contribution in [0, 0.1) is 13.8 Å². The van der Waals surface area contributed by atoms with Gasteiger partial charge in [0.25, 0.3) is 0 Å². The summed E-state index contributed by atoms with van der Waals surface area (Å²) in [6.07, 6.45) is 0. The molecule has 2 heterocycles. The van der Waals surface area contributed by atoms with E-state index in [2.05, 4.69) is 34.0 Å². The number of nitrogens with zero attached hydrogens (tertiary/aromatic N) is 2. The molecule has 0 aliphatic heterocycles. The van der Waals surface area contributed by atoms with E-state index in [1.54, 1.807) is 0 Å². The second-order valence-electron chi connectivity index (χ2n) is 4.38. The summed E-state index contributed by atoms with van der Waals surface area (Å²) < 4.78 is 0. The highest BCUT2D eigenvalue weighted by Gasteiger charge is 2.09. The number of fused-ring (bicyclic) bond motifs is 1. The van der Waals surface area contributed by atoms with Crippen LogP contribution in [-0.2, 0) is 0 Å². The van der Waals surface area contributed by atoms with E-state index >= 15 is 0 Å². The molecule has 4 heteroatoms. The fourth-order valence-corrected chi connectivity index (χ4v) is 2.24. The van der Waals surface area contributed by atoms with Gasteiger partial charge in [0.05, 0.1) is 5.69 Å². The number of hydrogen-bond donors (Lipinski definition) is 1. The zero-order valence-corrected chi connectivity index (χ0v) is 10.9. The van der Waals surface area contributed by atoms with Crippen LogP contribution in [0.1, 0.15) is 11.3 Å². The maximum Gasteiger partial charge on any atom is 0.161 e. The zero-order valence-electron chi connectivity index (χ0n) is 10.2. The van der Waals surface area contributed by atoms with Crippen molar-refractivity contribution < 1.29 is 0 Å². The van der Waals surface area contributed by atoms with Gasteiger partial charge in [0, 0.05) is 10.9 Å². The number of nitrogens with one attached hydrogen (secondary N) is 1. The molecule has 1 aromatic carbocycles. The smallest absolute Gasteiger partial charge is 0.161 e. The molecule has 0 aliphatic rings. The predicted molar refractivity (Wildman–Crippen MR) is 73.8 cm³/mol. The van der Waals surface area contributed by atoms with Crippen LogP contribution in [0.4, 0.5) is 0 Å². The molecule has 0 amide bonds. The van der Waals surface area contributed by atoms with Gasteiger partial charge in [-0.15, -0.1) is 0 Å². The van der Waals surface area contributed by atoms with E-state index in [1.165, 1.54) is 5.56 Å². The first-order chi connectivity index (χ1) is 8.63. The summed E-state index contributed by atoms with van der Waals surface area (Å²) in [4.78, 5) is 12.1. The maximum atomic E-state index is 5.96. The monoisotopic (exact) mass is 257 g/mol. The van der Waals surface area contributed by atoms with Gasteiger partial charge in [-0.05, 0) is 26.0 Å². The Balaban J connectivity index is 2.24. The average molecular weight is 258 g/mol. The lowest BCUT2D eigenvalue weighted by atomic mass is 10.1. The minimum Gasteiger partial charge on any atom is -0.330 e. The lowest BCUT2D eigenvalue weighted by Gasteiger charge is -2.03. The number of aromatic nitrogens is 3. The Morgan fingerprint density at radius 2 is 1.94 bits per heavy atom. The fraction of sp³-hybridized carbons (Fsp3) is 0.143. The van der Waals surface area contributed by atoms with Gasteiger partial charge in [0.2, 0.25) is 0 Å². The van der Waals surface area contributed by atoms with E-state index in [0.29, 0.717) is 5.15 Å². The molecule has 0 radical (unpaired) electrons. The summed E-state index contributed by atoms with van der Waals surface area (Å²) in [5.41, 5.74) is 3.92. The first-order valence-electron chi connectivity index (χ1n) is 5.73. The van der Waals surface area contributed by atoms with Crippen molar-refractivity contribution in [3.63, 3.8) is 0 Å². The molecule has 0 bridgehead atoms. The number of benzene rings is 1. The zero-order chi connectivity index (χ0) is 12.7. The lowest BCUT2D eigenvalue weighted by Crippen LogP contribution is -1.93. The summed E-state index contributed by atoms with van der Waals surface area (Å²) in [5.74, 6) is 0.724. The maximum absolute atomic E-state index is 5.96. The second-order valence-corrected chi connectivity index (χ2v) is 4.79. The van der Waals surface area contributed by atoms with E-state index in [-0.39, 0.29) is 0 Å². The Kier molecular flexibility index (Phi) is 2.56. The Hall–Kier alpha value is -1.87. The van der Waals surface area contributed by atoms with E-state index < -0.39 is 0 Å². The number of aryl methyl sites for hydroxylation is 2. The van der Waals surface area contributed by atoms with Gasteiger partial charge >= 0.3 is 0 Å². The SMILES string of the molecule is Cc1cccc(-c2nc(C)c3cc(Cl)[nH]c3n2)c1. The van der Waals surface area contributed by atoms with Gasteiger partial charge in [-0.3, -0.25) is 0 Å². The highest BCUT2D eigenvalue weighted by molar-refractivity contribution is 6.30. The van der Waals surface area contributed by atoms with Crippen LogP contribution in [0.2, 0.25) is 5.15 Å². The quantitative estimate of drug-likeness (QED) is 0.718. The van der Waals surface area contributed by atoms with E-state index in [0.717, 1.165) is 28.1 Å². The third kappa shape index (κ3) is 1.87. The van der Waals surface area contributed by atoms with E-state index in [4.69, 9.17) is 11.6 Å². The molecule has 3 rings (SSSR count). The van der Waals surface area contributed by atoms with Gasteiger partial charge in [-0.25, -0.2) is 9.97 Å². The highest BCUT2D eigenvalue weighted by atomic mass is 35.5. The van der Waals surface area contributed by atoms with Gasteiger partial charge in [-0.1, -0.05) is 35.4 Å². The molecule has 1 N–H and O–H groups in total. The van der Waals surface area contributed by atoms with Crippen molar-refractivity contribution in [2.45, 2.75) is 13.8 Å². The van der Waals surface area contributed by atoms with Crippen LogP contribution < -0.4 is 0 Å². The molecule has 0 atom stereocenters. The topological polar surface area (TPSA) is 41.6 Å². The van der Waals surface area contributed by atoms with Crippen molar-refractivity contribution in [2.24, 2.45) is 0 Å². The molecule has 0 unspecified atom stereocenters. The van der Waals surface area contributed by atoms with Crippen LogP contribution >= 0.6 is 11.6 Å². The molecule has 0 aliphatic carbocycles. The summed E-state index contributed by atoms with van der Waals surface area (Å²) in [5, 5.41) is 1.56. The third-order valence-corrected chi connectivity index (χ3v) is 3.12. The van der Waals surface area contributed by atoms with E-state index in [9.17, 15) is 0 Å². The van der Waals surface area contributed by atoms with Crippen LogP contribution in [0.15, 0.2) is 30.3 Å². The summed E-state index contributed by atoms with van der Waals surface area (Å²) >= 11 is 5.96. The van der Waals surface area contributed by atoms with E-state index in [1.807, 2.05) is 25.1 Å². The Morgan fingerprint density at radius 3 is 2.72 bits per heavy atom. The molecule has 0 saturated heterocycles. The molecular formula is C14H12ClN3. The fourth-order valence-electron chi connectivity index (χ4n) is 2.04. The lowest BCUT2D eigenvalue weighted by molar-refractivity contribution is 1.15. The van der Waals surface area contributed by atoms with Crippen molar-refractivity contribution in [1.29, 1.82) is 0 Å². The van der Waals surface area contributed by atoms with Gasteiger partial charge in [0.15, 0.2) is 5.82 Å². The highest BCUT2D eigenvalue weighted by Crippen LogP contribution is 2.23. The van der Waals surface area contributed by atoms with Crippen LogP contribution in [0.3, 0.4) is 0 Å². The largest absolute Gasteiger partial charge is 0.330 e. The first-order valence-corrected chi connectivity index (χ1v) is 6.11. The van der Waals surface area contributed by atoms with Gasteiger partial charge in [0.1, 0.15) is 10.8 Å². The minimum absolute atomic E-state index is 0.587. The van der Waals surface area contributed by atoms with Crippen LogP contribution in [-0.4, -0.2) is 15.0 Å². The predicted octanol–water partition coefficient (Wildman–Crippen LogP) is 3.90. The summed E-state index contributed by atoms with van der Waals surface area (Å²) in [7, 11) is 0. The molecule has 3 nitrogen and oxygen atoms in total. The van der Waals surface area contributed by atoms with Gasteiger partial charge < -0.3 is 4.98 Å². The van der Waals surface area contributed by atoms with Crippen LogP contribution in [0.5, 0.6) is 0 Å². The molecule has 3 aromatic rings. The molecule has 2 aromatic heterocycles. The second kappa shape index (κ2) is 4.10. The molecule has 18 heavy (non-hydrogen) atoms. The Labute approximate surface area is 110 Å². The van der Waals surface area contributed by atoms with Gasteiger partial charge in [-0.2, -0.15) is 0 Å². The normalized spacial score (nSPS) is 11.1.